The molecular formula is C78H115N23O13S2. The number of benzene rings is 4. The molecule has 28 N–H and O–H groups in total. The fourth-order valence-electron chi connectivity index (χ4n) is 12.6. The van der Waals surface area contributed by atoms with Gasteiger partial charge in [0.25, 0.3) is 0 Å². The molecule has 1 fully saturated rings. The van der Waals surface area contributed by atoms with Gasteiger partial charge < -0.3 is 103 Å². The Hall–Kier alpha value is -11.6. The molecule has 12 amide bonds. The maximum absolute atomic E-state index is 15.5. The third-order valence-electron chi connectivity index (χ3n) is 18.8. The maximum Gasteiger partial charge on any atom is 0.243 e. The lowest BCUT2D eigenvalue weighted by Gasteiger charge is -2.29. The SMILES string of the molecule is CSSCCC(=O)NCCCCC(NC(=O)CCNC(=O)CCNC(=O)CCC1NC(=O)C(CCCNC(=N)N)NC(=O)C(CCCNC(=N)N)NC(=O)C(CCCNC(=N)N)NC(=O)C(CCCCC(=N)N)NC(=O)C(Cc2ccc3ccccc3c2)CC(=O)C(Cc2ccccc2)NC(=O)C(Cc2ccccc2)NC1=O)C(N)=O. The summed E-state index contributed by atoms with van der Waals surface area (Å²) in [5, 5.41) is 70.9. The zero-order valence-electron chi connectivity index (χ0n) is 65.5. The molecule has 632 valence electrons. The van der Waals surface area contributed by atoms with Crippen LogP contribution in [-0.2, 0) is 81.6 Å². The van der Waals surface area contributed by atoms with Crippen LogP contribution in [0.4, 0.5) is 0 Å². The number of amidine groups is 1. The lowest BCUT2D eigenvalue weighted by atomic mass is 9.88. The van der Waals surface area contributed by atoms with E-state index >= 15 is 38.4 Å². The van der Waals surface area contributed by atoms with Crippen LogP contribution in [0.2, 0.25) is 0 Å². The number of nitrogens with two attached hydrogens (primary N) is 5. The molecule has 0 aromatic heterocycles. The van der Waals surface area contributed by atoms with Crippen molar-refractivity contribution >= 4 is 133 Å². The highest BCUT2D eigenvalue weighted by Gasteiger charge is 2.37. The predicted molar refractivity (Wildman–Crippen MR) is 445 cm³/mol. The number of Topliss-reactive ketones (excluding diaryl/α,β-unsaturated/α-hetero) is 1. The Morgan fingerprint density at radius 1 is 0.397 bits per heavy atom. The summed E-state index contributed by atoms with van der Waals surface area (Å²) in [6, 6.07) is 18.5. The monoisotopic (exact) mass is 1650 g/mol. The molecule has 4 aromatic carbocycles. The molecule has 9 atom stereocenters. The minimum Gasteiger partial charge on any atom is -0.388 e. The molecule has 1 aliphatic rings. The molecule has 0 radical (unpaired) electrons. The van der Waals surface area contributed by atoms with Gasteiger partial charge in [0.2, 0.25) is 70.9 Å². The number of amides is 12. The van der Waals surface area contributed by atoms with Crippen LogP contribution in [0.3, 0.4) is 0 Å². The van der Waals surface area contributed by atoms with Crippen molar-refractivity contribution in [2.45, 2.75) is 190 Å². The zero-order valence-corrected chi connectivity index (χ0v) is 67.2. The molecular weight excluding hydrogens is 1530 g/mol. The van der Waals surface area contributed by atoms with E-state index in [4.69, 9.17) is 50.3 Å². The number of rotatable bonds is 43. The Morgan fingerprint density at radius 3 is 1.31 bits per heavy atom. The molecule has 38 heteroatoms. The number of hydrogen-bond acceptors (Lipinski definition) is 19. The maximum atomic E-state index is 15.5. The summed E-state index contributed by atoms with van der Waals surface area (Å²) in [4.78, 5) is 186. The molecule has 0 aliphatic carbocycles. The van der Waals surface area contributed by atoms with Crippen molar-refractivity contribution in [3.05, 3.63) is 120 Å². The van der Waals surface area contributed by atoms with E-state index in [1.807, 2.05) is 42.7 Å². The standard InChI is InChI=1S/C78H115N23O13S2/c1-115-116-42-35-66(105)88-36-13-12-23-54(68(81)107)94-67(106)34-41-90-65(104)33-40-89-64(103)32-31-59-74(113)101-61(46-49-19-6-3-7-20-49)75(114)100-60(45-48-17-4-2-5-18-48)62(102)47-53(44-50-29-30-51-21-8-9-22-52(51)43-50)69(108)95-55(24-10-11-28-63(79)80)70(109)96-56(25-14-37-91-76(82)83)71(110)97-57(26-15-38-92-77(84)85)72(111)98-58(73(112)99-59)27-16-39-93-78(86)87/h2-9,17-22,29-30,43,53-61H,10-16,23-28,31-42,44-47H2,1H3,(H3,79,80)(H2,81,107)(H,88,105)(H,89,103)(H,90,104)(H,94,106)(H,95,108)(H,96,109)(H,97,110)(H,98,111)(H,99,112)(H,100,114)(H,101,113)(H4,82,83,91)(H4,84,85,92)(H4,86,87,93). The first-order chi connectivity index (χ1) is 55.6. The van der Waals surface area contributed by atoms with Gasteiger partial charge in [0.05, 0.1) is 11.9 Å². The zero-order chi connectivity index (χ0) is 84.7. The highest BCUT2D eigenvalue weighted by molar-refractivity contribution is 8.76. The van der Waals surface area contributed by atoms with Crippen LogP contribution < -0.4 is 103 Å². The molecule has 36 nitrogen and oxygen atoms in total. The quantitative estimate of drug-likeness (QED) is 0.0116. The van der Waals surface area contributed by atoms with Crippen molar-refractivity contribution in [2.24, 2.45) is 34.6 Å². The average Bonchev–Trinajstić information content (AvgIpc) is 0.827. The van der Waals surface area contributed by atoms with Crippen LogP contribution in [-0.4, -0.2) is 200 Å². The Bertz CT molecular complexity index is 3980. The molecule has 0 bridgehead atoms. The molecule has 116 heavy (non-hydrogen) atoms. The first-order valence-electron chi connectivity index (χ1n) is 38.9. The fraction of sp³-hybridized carbons (Fsp3) is 0.500. The molecule has 0 saturated carbocycles. The molecule has 4 aromatic rings. The van der Waals surface area contributed by atoms with Gasteiger partial charge in [-0.3, -0.25) is 84.0 Å². The number of hydrogen-bond donors (Lipinski definition) is 23. The number of nitrogens with one attached hydrogen (secondary N) is 18. The molecule has 1 saturated heterocycles. The van der Waals surface area contributed by atoms with E-state index < -0.39 is 162 Å². The summed E-state index contributed by atoms with van der Waals surface area (Å²) in [7, 11) is 3.14. The summed E-state index contributed by atoms with van der Waals surface area (Å²) in [6.07, 6.45) is 1.14. The third-order valence-corrected chi connectivity index (χ3v) is 20.6. The Balaban J connectivity index is 1.56. The van der Waals surface area contributed by atoms with Gasteiger partial charge in [-0.25, -0.2) is 0 Å². The van der Waals surface area contributed by atoms with Crippen molar-refractivity contribution < 1.29 is 62.3 Å². The van der Waals surface area contributed by atoms with Crippen LogP contribution in [0.15, 0.2) is 103 Å². The van der Waals surface area contributed by atoms with Gasteiger partial charge in [0.1, 0.15) is 42.3 Å². The van der Waals surface area contributed by atoms with Gasteiger partial charge in [0.15, 0.2) is 23.7 Å². The Labute approximate surface area is 683 Å². The summed E-state index contributed by atoms with van der Waals surface area (Å²) >= 11 is 0. The number of primary amides is 1. The van der Waals surface area contributed by atoms with Crippen LogP contribution in [0.5, 0.6) is 0 Å². The van der Waals surface area contributed by atoms with Crippen molar-refractivity contribution in [3.8, 4) is 0 Å². The van der Waals surface area contributed by atoms with Crippen LogP contribution in [0.1, 0.15) is 139 Å². The Morgan fingerprint density at radius 2 is 0.810 bits per heavy atom. The fourth-order valence-corrected chi connectivity index (χ4v) is 13.8. The van der Waals surface area contributed by atoms with E-state index in [1.54, 1.807) is 88.3 Å². The molecule has 9 unspecified atom stereocenters. The second kappa shape index (κ2) is 52.7. The molecule has 5 rings (SSSR count). The van der Waals surface area contributed by atoms with Crippen LogP contribution in [0, 0.1) is 27.6 Å². The molecule has 1 aliphatic heterocycles. The van der Waals surface area contributed by atoms with Crippen molar-refractivity contribution in [2.75, 3.05) is 51.3 Å². The van der Waals surface area contributed by atoms with E-state index in [-0.39, 0.29) is 141 Å². The van der Waals surface area contributed by atoms with E-state index in [9.17, 15) is 24.0 Å². The van der Waals surface area contributed by atoms with Crippen molar-refractivity contribution in [3.63, 3.8) is 0 Å². The third kappa shape index (κ3) is 38.0. The van der Waals surface area contributed by atoms with Gasteiger partial charge in [-0.2, -0.15) is 0 Å². The van der Waals surface area contributed by atoms with Gasteiger partial charge in [0, 0.05) is 95.9 Å². The minimum absolute atomic E-state index is 0.00593. The lowest BCUT2D eigenvalue weighted by Crippen LogP contribution is -2.60. The van der Waals surface area contributed by atoms with E-state index in [1.165, 1.54) is 0 Å². The predicted octanol–water partition coefficient (Wildman–Crippen LogP) is -0.413. The second-order valence-electron chi connectivity index (χ2n) is 28.1. The van der Waals surface area contributed by atoms with Crippen LogP contribution in [0.25, 0.3) is 10.8 Å². The highest BCUT2D eigenvalue weighted by atomic mass is 33.1. The van der Waals surface area contributed by atoms with Gasteiger partial charge in [-0.15, -0.1) is 0 Å². The molecule has 0 spiro atoms. The summed E-state index contributed by atoms with van der Waals surface area (Å²) < 4.78 is 0. The van der Waals surface area contributed by atoms with Crippen molar-refractivity contribution in [1.29, 1.82) is 21.6 Å². The lowest BCUT2D eigenvalue weighted by molar-refractivity contribution is -0.137. The van der Waals surface area contributed by atoms with E-state index in [2.05, 4.69) is 74.4 Å². The number of ketones is 1. The topological polar surface area (TPSA) is 616 Å². The first kappa shape index (κ1) is 95.0. The van der Waals surface area contributed by atoms with E-state index in [0.717, 1.165) is 10.8 Å². The summed E-state index contributed by atoms with van der Waals surface area (Å²) in [6.45, 7) is -0.00958. The largest absolute Gasteiger partial charge is 0.388 e. The highest BCUT2D eigenvalue weighted by Crippen LogP contribution is 2.23. The number of guanidine groups is 3. The smallest absolute Gasteiger partial charge is 0.243 e. The number of carbonyl (C=O) groups is 13. The number of carbonyl (C=O) groups excluding carboxylic acids is 13. The van der Waals surface area contributed by atoms with Crippen molar-refractivity contribution in [1.82, 2.24) is 74.4 Å². The van der Waals surface area contributed by atoms with Gasteiger partial charge in [-0.05, 0) is 124 Å². The van der Waals surface area contributed by atoms with Gasteiger partial charge in [-0.1, -0.05) is 131 Å². The van der Waals surface area contributed by atoms with E-state index in [0.29, 0.717) is 54.7 Å². The second-order valence-corrected chi connectivity index (χ2v) is 30.8. The summed E-state index contributed by atoms with van der Waals surface area (Å²) in [5.74, 6) is -11.7. The average molecular weight is 1650 g/mol. The minimum atomic E-state index is -1.72. The van der Waals surface area contributed by atoms with Gasteiger partial charge >= 0.3 is 0 Å². The number of fused-ring (bicyclic) bond motifs is 1. The van der Waals surface area contributed by atoms with Crippen LogP contribution >= 0.6 is 21.6 Å². The number of unbranched alkanes of at least 4 members (excludes halogenated alkanes) is 2. The molecule has 1 heterocycles. The Kier molecular flexibility index (Phi) is 43.2. The first-order valence-corrected chi connectivity index (χ1v) is 41.6. The summed E-state index contributed by atoms with van der Waals surface area (Å²) in [5.41, 5.74) is 29.9. The normalized spacial score (nSPS) is 18.9.